The third kappa shape index (κ3) is 6.05. The quantitative estimate of drug-likeness (QED) is 0.361. The Morgan fingerprint density at radius 3 is 2.25 bits per heavy atom. The number of carbonyl (C=O) groups is 3. The molecule has 0 radical (unpaired) electrons. The molecule has 1 atom stereocenters. The molecule has 0 heterocycles. The van der Waals surface area contributed by atoms with Crippen LogP contribution in [0.4, 0.5) is 5.69 Å². The van der Waals surface area contributed by atoms with Gasteiger partial charge in [-0.05, 0) is 37.1 Å². The van der Waals surface area contributed by atoms with Crippen LogP contribution in [-0.2, 0) is 9.59 Å². The van der Waals surface area contributed by atoms with Gasteiger partial charge in [0.2, 0.25) is 0 Å². The molecule has 0 unspecified atom stereocenters. The number of carboxylic acid groups (broad SMARTS) is 2. The summed E-state index contributed by atoms with van der Waals surface area (Å²) in [7, 11) is 0. The summed E-state index contributed by atoms with van der Waals surface area (Å²) < 4.78 is 0. The number of nitrogen functional groups attached to an aromatic ring is 1. The number of benzene rings is 1. The second-order valence-electron chi connectivity index (χ2n) is 3.90. The molecule has 0 aliphatic carbocycles. The molecule has 0 bridgehead atoms. The molecule has 0 aliphatic heterocycles. The van der Waals surface area contributed by atoms with E-state index in [2.05, 4.69) is 5.32 Å². The van der Waals surface area contributed by atoms with Crippen molar-refractivity contribution in [3.63, 3.8) is 0 Å². The third-order valence-corrected chi connectivity index (χ3v) is 2.41. The molecule has 102 valence electrons. The largest absolute Gasteiger partial charge is 1.00 e. The summed E-state index contributed by atoms with van der Waals surface area (Å²) in [4.78, 5) is 32.9. The van der Waals surface area contributed by atoms with E-state index in [0.29, 0.717) is 5.69 Å². The number of hydrogen-bond acceptors (Lipinski definition) is 5. The number of amides is 1. The molecule has 1 aromatic carbocycles. The topological polar surface area (TPSA) is 133 Å². The van der Waals surface area contributed by atoms with Gasteiger partial charge in [0.15, 0.2) is 0 Å². The van der Waals surface area contributed by atoms with Crippen molar-refractivity contribution in [2.45, 2.75) is 18.9 Å². The SMILES string of the molecule is Nc1ccc(C(=O)N[C@@H](CCC(=O)[O-])C(=O)O)cc1.[Na+]. The molecule has 7 nitrogen and oxygen atoms in total. The number of anilines is 1. The molecule has 8 heteroatoms. The summed E-state index contributed by atoms with van der Waals surface area (Å²) >= 11 is 0. The van der Waals surface area contributed by atoms with Crippen LogP contribution in [0.3, 0.4) is 0 Å². The minimum absolute atomic E-state index is 0. The van der Waals surface area contributed by atoms with E-state index in [4.69, 9.17) is 10.8 Å². The summed E-state index contributed by atoms with van der Waals surface area (Å²) in [5.74, 6) is -3.27. The fourth-order valence-electron chi connectivity index (χ4n) is 1.40. The maximum absolute atomic E-state index is 11.7. The van der Waals surface area contributed by atoms with E-state index in [1.165, 1.54) is 24.3 Å². The zero-order valence-electron chi connectivity index (χ0n) is 11.0. The number of carbonyl (C=O) groups excluding carboxylic acids is 2. The number of carboxylic acids is 2. The van der Waals surface area contributed by atoms with Crippen LogP contribution in [0.1, 0.15) is 23.2 Å². The van der Waals surface area contributed by atoms with E-state index in [-0.39, 0.29) is 41.5 Å². The molecule has 1 rings (SSSR count). The molecule has 0 spiro atoms. The van der Waals surface area contributed by atoms with Crippen LogP contribution in [0.5, 0.6) is 0 Å². The monoisotopic (exact) mass is 288 g/mol. The van der Waals surface area contributed by atoms with Gasteiger partial charge < -0.3 is 26.1 Å². The van der Waals surface area contributed by atoms with Gasteiger partial charge in [0, 0.05) is 17.2 Å². The first-order chi connectivity index (χ1) is 8.90. The van der Waals surface area contributed by atoms with Crippen LogP contribution in [0, 0.1) is 0 Å². The Bertz CT molecular complexity index is 489. The minimum atomic E-state index is -1.37. The maximum Gasteiger partial charge on any atom is 1.00 e. The summed E-state index contributed by atoms with van der Waals surface area (Å²) in [6, 6.07) is 4.63. The average Bonchev–Trinajstić information content (AvgIpc) is 2.34. The molecule has 0 fully saturated rings. The van der Waals surface area contributed by atoms with Gasteiger partial charge in [0.25, 0.3) is 5.91 Å². The van der Waals surface area contributed by atoms with Crippen LogP contribution in [0.25, 0.3) is 0 Å². The molecular formula is C12H13N2NaO5. The summed E-state index contributed by atoms with van der Waals surface area (Å²) in [6.45, 7) is 0. The van der Waals surface area contributed by atoms with Crippen LogP contribution >= 0.6 is 0 Å². The molecule has 0 aliphatic rings. The molecule has 1 aromatic rings. The van der Waals surface area contributed by atoms with Gasteiger partial charge in [-0.3, -0.25) is 4.79 Å². The Morgan fingerprint density at radius 2 is 1.80 bits per heavy atom. The summed E-state index contributed by atoms with van der Waals surface area (Å²) in [6.07, 6.45) is -0.683. The van der Waals surface area contributed by atoms with Crippen LogP contribution in [0.2, 0.25) is 0 Å². The van der Waals surface area contributed by atoms with Gasteiger partial charge >= 0.3 is 35.5 Å². The smallest absolute Gasteiger partial charge is 0.550 e. The van der Waals surface area contributed by atoms with Gasteiger partial charge in [0.05, 0.1) is 0 Å². The van der Waals surface area contributed by atoms with Crippen LogP contribution < -0.4 is 45.7 Å². The fraction of sp³-hybridized carbons (Fsp3) is 0.250. The molecule has 20 heavy (non-hydrogen) atoms. The number of nitrogens with one attached hydrogen (secondary N) is 1. The van der Waals surface area contributed by atoms with Crippen molar-refractivity contribution in [1.29, 1.82) is 0 Å². The van der Waals surface area contributed by atoms with E-state index in [0.717, 1.165) is 0 Å². The first-order valence-corrected chi connectivity index (χ1v) is 5.49. The molecule has 0 saturated carbocycles. The normalized spacial score (nSPS) is 11.0. The summed E-state index contributed by atoms with van der Waals surface area (Å²) in [5, 5.41) is 21.4. The molecule has 1 amide bonds. The number of aliphatic carboxylic acids is 2. The standard InChI is InChI=1S/C12H14N2O5.Na/c13-8-3-1-7(2-4-8)11(17)14-9(12(18)19)5-6-10(15)16;/h1-4,9H,5-6,13H2,(H,14,17)(H,15,16)(H,18,19);/q;+1/p-1/t9-;/m0./s1. The van der Waals surface area contributed by atoms with E-state index in [9.17, 15) is 19.5 Å². The molecular weight excluding hydrogens is 275 g/mol. The second kappa shape index (κ2) is 8.57. The first kappa shape index (κ1) is 18.4. The van der Waals surface area contributed by atoms with Gasteiger partial charge in [-0.15, -0.1) is 0 Å². The van der Waals surface area contributed by atoms with Gasteiger partial charge in [-0.2, -0.15) is 0 Å². The number of rotatable bonds is 6. The third-order valence-electron chi connectivity index (χ3n) is 2.41. The summed E-state index contributed by atoms with van der Waals surface area (Å²) in [5.41, 5.74) is 6.18. The predicted octanol–water partition coefficient (Wildman–Crippen LogP) is -4.01. The van der Waals surface area contributed by atoms with E-state index >= 15 is 0 Å². The maximum atomic E-state index is 11.7. The van der Waals surface area contributed by atoms with Gasteiger partial charge in [0.1, 0.15) is 6.04 Å². The van der Waals surface area contributed by atoms with Crippen LogP contribution in [-0.4, -0.2) is 29.0 Å². The fourth-order valence-corrected chi connectivity index (χ4v) is 1.40. The number of nitrogens with two attached hydrogens (primary N) is 1. The Labute approximate surface area is 137 Å². The Balaban J connectivity index is 0.00000361. The van der Waals surface area contributed by atoms with Crippen molar-refractivity contribution in [3.05, 3.63) is 29.8 Å². The van der Waals surface area contributed by atoms with E-state index < -0.39 is 30.3 Å². The zero-order chi connectivity index (χ0) is 14.4. The second-order valence-corrected chi connectivity index (χ2v) is 3.90. The van der Waals surface area contributed by atoms with Crippen molar-refractivity contribution >= 4 is 23.5 Å². The van der Waals surface area contributed by atoms with Crippen molar-refractivity contribution in [1.82, 2.24) is 5.32 Å². The van der Waals surface area contributed by atoms with Crippen molar-refractivity contribution in [2.75, 3.05) is 5.73 Å². The predicted molar refractivity (Wildman–Crippen MR) is 64.0 cm³/mol. The number of hydrogen-bond donors (Lipinski definition) is 3. The average molecular weight is 288 g/mol. The zero-order valence-corrected chi connectivity index (χ0v) is 13.0. The Kier molecular flexibility index (Phi) is 7.90. The molecule has 4 N–H and O–H groups in total. The Hall–Kier alpha value is -1.57. The van der Waals surface area contributed by atoms with Gasteiger partial charge in [-0.25, -0.2) is 4.79 Å². The first-order valence-electron chi connectivity index (χ1n) is 5.49. The molecule has 0 saturated heterocycles. The van der Waals surface area contributed by atoms with E-state index in [1.54, 1.807) is 0 Å². The molecule has 0 aromatic heterocycles. The van der Waals surface area contributed by atoms with Crippen molar-refractivity contribution < 1.29 is 54.2 Å². The Morgan fingerprint density at radius 1 is 1.25 bits per heavy atom. The van der Waals surface area contributed by atoms with Crippen molar-refractivity contribution in [3.8, 4) is 0 Å². The van der Waals surface area contributed by atoms with Crippen LogP contribution in [0.15, 0.2) is 24.3 Å². The minimum Gasteiger partial charge on any atom is -0.550 e. The van der Waals surface area contributed by atoms with Crippen molar-refractivity contribution in [2.24, 2.45) is 0 Å². The van der Waals surface area contributed by atoms with E-state index in [1.807, 2.05) is 0 Å². The van der Waals surface area contributed by atoms with Gasteiger partial charge in [-0.1, -0.05) is 0 Å².